The Morgan fingerprint density at radius 2 is 1.37 bits per heavy atom. The molecule has 0 fully saturated rings. The van der Waals surface area contributed by atoms with E-state index in [1.165, 1.54) is 0 Å². The average Bonchev–Trinajstić information content (AvgIpc) is 3.33. The summed E-state index contributed by atoms with van der Waals surface area (Å²) in [5, 5.41) is 7.73. The first-order valence-corrected chi connectivity index (χ1v) is 12.7. The molecule has 0 bridgehead atoms. The number of hydrogen-bond acceptors (Lipinski definition) is 4. The van der Waals surface area contributed by atoms with E-state index in [2.05, 4.69) is 15.4 Å². The van der Waals surface area contributed by atoms with Crippen LogP contribution in [-0.2, 0) is 4.79 Å². The maximum Gasteiger partial charge on any atom is 0.336 e. The maximum atomic E-state index is 13.5. The number of nitrogens with one attached hydrogen (secondary N) is 1. The third kappa shape index (κ3) is 5.49. The fraction of sp³-hybridized carbons (Fsp3) is 0.156. The number of aryl methyl sites for hydroxylation is 1. The van der Waals surface area contributed by atoms with E-state index in [0.29, 0.717) is 17.5 Å². The van der Waals surface area contributed by atoms with Crippen molar-refractivity contribution in [3.05, 3.63) is 126 Å². The first-order valence-electron chi connectivity index (χ1n) is 12.7. The normalized spacial score (nSPS) is 11.1. The number of carbonyl (C=O) groups excluding carboxylic acids is 1. The van der Waals surface area contributed by atoms with Crippen LogP contribution in [0.5, 0.6) is 6.01 Å². The van der Waals surface area contributed by atoms with E-state index >= 15 is 0 Å². The Hall–Kier alpha value is -4.71. The molecular weight excluding hydrogens is 472 g/mol. The number of anilines is 1. The molecule has 0 aliphatic heterocycles. The summed E-state index contributed by atoms with van der Waals surface area (Å²) in [6.07, 6.45) is -0.0460. The lowest BCUT2D eigenvalue weighted by atomic mass is 9.90. The molecular formula is C32H30N4O2. The lowest BCUT2D eigenvalue weighted by Crippen LogP contribution is -2.22. The van der Waals surface area contributed by atoms with Crippen LogP contribution in [0.2, 0.25) is 0 Å². The van der Waals surface area contributed by atoms with Crippen LogP contribution in [0.1, 0.15) is 36.5 Å². The van der Waals surface area contributed by atoms with E-state index in [9.17, 15) is 4.79 Å². The van der Waals surface area contributed by atoms with Gasteiger partial charge in [0.2, 0.25) is 5.91 Å². The number of benzene rings is 4. The molecule has 4 aromatic carbocycles. The van der Waals surface area contributed by atoms with Gasteiger partial charge in [0.25, 0.3) is 0 Å². The van der Waals surface area contributed by atoms with E-state index < -0.39 is 5.92 Å². The molecule has 0 spiro atoms. The minimum absolute atomic E-state index is 0.0460. The highest BCUT2D eigenvalue weighted by Crippen LogP contribution is 2.29. The van der Waals surface area contributed by atoms with Crippen molar-refractivity contribution in [2.24, 2.45) is 0 Å². The van der Waals surface area contributed by atoms with Crippen molar-refractivity contribution in [1.82, 2.24) is 14.8 Å². The van der Waals surface area contributed by atoms with Crippen LogP contribution >= 0.6 is 0 Å². The van der Waals surface area contributed by atoms with Crippen molar-refractivity contribution in [2.75, 3.05) is 5.32 Å². The van der Waals surface area contributed by atoms with Crippen LogP contribution < -0.4 is 10.1 Å². The van der Waals surface area contributed by atoms with E-state index in [0.717, 1.165) is 27.9 Å². The highest BCUT2D eigenvalue weighted by Gasteiger charge is 2.23. The van der Waals surface area contributed by atoms with Gasteiger partial charge in [-0.25, -0.2) is 4.68 Å². The van der Waals surface area contributed by atoms with Gasteiger partial charge < -0.3 is 10.1 Å². The second kappa shape index (κ2) is 11.1. The molecule has 0 aliphatic carbocycles. The zero-order valence-corrected chi connectivity index (χ0v) is 21.7. The minimum Gasteiger partial charge on any atom is -0.460 e. The Kier molecular flexibility index (Phi) is 7.31. The van der Waals surface area contributed by atoms with Crippen molar-refractivity contribution >= 4 is 11.6 Å². The number of ether oxygens (including phenoxy) is 1. The predicted molar refractivity (Wildman–Crippen MR) is 151 cm³/mol. The second-order valence-corrected chi connectivity index (χ2v) is 9.40. The van der Waals surface area contributed by atoms with Gasteiger partial charge in [0.1, 0.15) is 0 Å². The Labute approximate surface area is 223 Å². The van der Waals surface area contributed by atoms with Crippen LogP contribution in [0, 0.1) is 6.92 Å². The lowest BCUT2D eigenvalue weighted by Gasteiger charge is -2.18. The standard InChI is InChI=1S/C32H30N4O2/c1-22(2)38-32-34-30(28-17-11-10-12-23(28)3)36(35-32)27-20-18-26(19-21-27)33-31(37)29(24-13-6-4-7-14-24)25-15-8-5-9-16-25/h4-22,29H,1-3H3,(H,33,37). The Morgan fingerprint density at radius 1 is 0.789 bits per heavy atom. The van der Waals surface area contributed by atoms with Gasteiger partial charge in [-0.1, -0.05) is 84.9 Å². The first-order chi connectivity index (χ1) is 18.5. The van der Waals surface area contributed by atoms with Gasteiger partial charge in [-0.2, -0.15) is 4.98 Å². The van der Waals surface area contributed by atoms with Crippen LogP contribution in [0.4, 0.5) is 5.69 Å². The molecule has 0 unspecified atom stereocenters. The monoisotopic (exact) mass is 502 g/mol. The lowest BCUT2D eigenvalue weighted by molar-refractivity contribution is -0.116. The van der Waals surface area contributed by atoms with Gasteiger partial charge in [-0.05, 0) is 61.7 Å². The quantitative estimate of drug-likeness (QED) is 0.253. The van der Waals surface area contributed by atoms with Crippen molar-refractivity contribution < 1.29 is 9.53 Å². The van der Waals surface area contributed by atoms with Crippen molar-refractivity contribution in [3.63, 3.8) is 0 Å². The number of amides is 1. The number of nitrogens with zero attached hydrogens (tertiary/aromatic N) is 3. The molecule has 1 heterocycles. The Bertz CT molecular complexity index is 1470. The van der Waals surface area contributed by atoms with Crippen molar-refractivity contribution in [2.45, 2.75) is 32.8 Å². The average molecular weight is 503 g/mol. The molecule has 0 aliphatic rings. The summed E-state index contributed by atoms with van der Waals surface area (Å²) in [5.41, 5.74) is 5.47. The molecule has 1 aromatic heterocycles. The molecule has 38 heavy (non-hydrogen) atoms. The van der Waals surface area contributed by atoms with Crippen LogP contribution in [0.25, 0.3) is 17.1 Å². The van der Waals surface area contributed by atoms with Gasteiger partial charge in [-0.15, -0.1) is 5.10 Å². The summed E-state index contributed by atoms with van der Waals surface area (Å²) >= 11 is 0. The Balaban J connectivity index is 1.44. The summed E-state index contributed by atoms with van der Waals surface area (Å²) in [4.78, 5) is 18.2. The van der Waals surface area contributed by atoms with E-state index in [1.807, 2.05) is 130 Å². The van der Waals surface area contributed by atoms with Gasteiger partial charge >= 0.3 is 6.01 Å². The number of aromatic nitrogens is 3. The predicted octanol–water partition coefficient (Wildman–Crippen LogP) is 6.80. The largest absolute Gasteiger partial charge is 0.460 e. The van der Waals surface area contributed by atoms with Crippen LogP contribution in [-0.4, -0.2) is 26.8 Å². The molecule has 1 amide bonds. The maximum absolute atomic E-state index is 13.5. The SMILES string of the molecule is Cc1ccccc1-c1nc(OC(C)C)nn1-c1ccc(NC(=O)C(c2ccccc2)c2ccccc2)cc1. The first kappa shape index (κ1) is 25.0. The van der Waals surface area contributed by atoms with E-state index in [-0.39, 0.29) is 12.0 Å². The summed E-state index contributed by atoms with van der Waals surface area (Å²) in [7, 11) is 0. The third-order valence-corrected chi connectivity index (χ3v) is 6.22. The molecule has 0 saturated carbocycles. The number of hydrogen-bond donors (Lipinski definition) is 1. The highest BCUT2D eigenvalue weighted by atomic mass is 16.5. The number of carbonyl (C=O) groups is 1. The molecule has 0 radical (unpaired) electrons. The molecule has 0 atom stereocenters. The summed E-state index contributed by atoms with van der Waals surface area (Å²) in [6.45, 7) is 5.94. The zero-order chi connectivity index (χ0) is 26.5. The van der Waals surface area contributed by atoms with Gasteiger partial charge in [0.05, 0.1) is 17.7 Å². The van der Waals surface area contributed by atoms with E-state index in [4.69, 9.17) is 4.74 Å². The number of rotatable bonds is 8. The minimum atomic E-state index is -0.421. The fourth-order valence-electron chi connectivity index (χ4n) is 4.42. The molecule has 1 N–H and O–H groups in total. The van der Waals surface area contributed by atoms with Crippen LogP contribution in [0.3, 0.4) is 0 Å². The van der Waals surface area contributed by atoms with Crippen molar-refractivity contribution in [1.29, 1.82) is 0 Å². The molecule has 190 valence electrons. The Morgan fingerprint density at radius 3 is 1.95 bits per heavy atom. The van der Waals surface area contributed by atoms with Crippen LogP contribution in [0.15, 0.2) is 109 Å². The topological polar surface area (TPSA) is 69.0 Å². The van der Waals surface area contributed by atoms with E-state index in [1.54, 1.807) is 4.68 Å². The smallest absolute Gasteiger partial charge is 0.336 e. The third-order valence-electron chi connectivity index (χ3n) is 6.22. The fourth-order valence-corrected chi connectivity index (χ4v) is 4.42. The molecule has 6 heteroatoms. The second-order valence-electron chi connectivity index (χ2n) is 9.40. The van der Waals surface area contributed by atoms with Gasteiger partial charge in [0, 0.05) is 11.3 Å². The van der Waals surface area contributed by atoms with Gasteiger partial charge in [0.15, 0.2) is 5.82 Å². The zero-order valence-electron chi connectivity index (χ0n) is 21.7. The molecule has 6 nitrogen and oxygen atoms in total. The summed E-state index contributed by atoms with van der Waals surface area (Å²) < 4.78 is 7.59. The summed E-state index contributed by atoms with van der Waals surface area (Å²) in [6, 6.07) is 35.6. The molecule has 5 rings (SSSR count). The van der Waals surface area contributed by atoms with Gasteiger partial charge in [-0.3, -0.25) is 4.79 Å². The summed E-state index contributed by atoms with van der Waals surface area (Å²) in [5.74, 6) is 0.184. The molecule has 0 saturated heterocycles. The highest BCUT2D eigenvalue weighted by molar-refractivity contribution is 5.98. The molecule has 5 aromatic rings. The van der Waals surface area contributed by atoms with Crippen molar-refractivity contribution in [3.8, 4) is 23.1 Å².